The second kappa shape index (κ2) is 7.09. The molecule has 0 aliphatic heterocycles. The van der Waals surface area contributed by atoms with Crippen molar-refractivity contribution in [3.05, 3.63) is 66.4 Å². The third-order valence-corrected chi connectivity index (χ3v) is 3.82. The van der Waals surface area contributed by atoms with E-state index in [1.165, 1.54) is 29.5 Å². The van der Waals surface area contributed by atoms with E-state index >= 15 is 0 Å². The van der Waals surface area contributed by atoms with Crippen LogP contribution in [0.15, 0.2) is 54.7 Å². The first-order valence-electron chi connectivity index (χ1n) is 6.71. The molecular weight excluding hydrogens is 288 g/mol. The van der Waals surface area contributed by atoms with Crippen molar-refractivity contribution in [3.63, 3.8) is 0 Å². The van der Waals surface area contributed by atoms with Gasteiger partial charge in [0.15, 0.2) is 0 Å². The summed E-state index contributed by atoms with van der Waals surface area (Å²) in [5.41, 5.74) is 1.36. The lowest BCUT2D eigenvalue weighted by Gasteiger charge is -1.97. The number of nitrogens with zero attached hydrogens (tertiary/aromatic N) is 1. The summed E-state index contributed by atoms with van der Waals surface area (Å²) in [6, 6.07) is 12.7. The maximum Gasteiger partial charge on any atom is 0.133 e. The predicted molar refractivity (Wildman–Crippen MR) is 84.3 cm³/mol. The van der Waals surface area contributed by atoms with Crippen molar-refractivity contribution in [2.24, 2.45) is 0 Å². The molecule has 3 rings (SSSR count). The van der Waals surface area contributed by atoms with Crippen LogP contribution in [0.4, 0.5) is 8.78 Å². The van der Waals surface area contributed by atoms with Gasteiger partial charge in [0.25, 0.3) is 0 Å². The minimum Gasteiger partial charge on any atom is -0.244 e. The molecule has 0 aliphatic carbocycles. The van der Waals surface area contributed by atoms with E-state index in [-0.39, 0.29) is 11.6 Å². The largest absolute Gasteiger partial charge is 0.244 e. The van der Waals surface area contributed by atoms with Gasteiger partial charge in [-0.1, -0.05) is 38.1 Å². The smallest absolute Gasteiger partial charge is 0.133 e. The highest BCUT2D eigenvalue weighted by molar-refractivity contribution is 7.18. The van der Waals surface area contributed by atoms with Crippen LogP contribution in [0, 0.1) is 11.6 Å². The topological polar surface area (TPSA) is 12.9 Å². The Hall–Kier alpha value is -2.07. The molecule has 2 aromatic carbocycles. The van der Waals surface area contributed by atoms with Gasteiger partial charge >= 0.3 is 0 Å². The summed E-state index contributed by atoms with van der Waals surface area (Å²) in [6.07, 6.45) is 1.68. The Morgan fingerprint density at radius 1 is 0.905 bits per heavy atom. The van der Waals surface area contributed by atoms with Crippen molar-refractivity contribution in [1.29, 1.82) is 0 Å². The molecule has 0 saturated heterocycles. The Kier molecular flexibility index (Phi) is 5.17. The molecule has 1 aromatic heterocycles. The molecule has 0 fully saturated rings. The first-order chi connectivity index (χ1) is 10.2. The van der Waals surface area contributed by atoms with Crippen LogP contribution in [-0.2, 0) is 0 Å². The molecule has 0 aliphatic rings. The number of rotatable bonds is 2. The molecule has 0 unspecified atom stereocenters. The van der Waals surface area contributed by atoms with Gasteiger partial charge in [-0.05, 0) is 29.8 Å². The number of aromatic nitrogens is 1. The molecule has 0 atom stereocenters. The predicted octanol–water partition coefficient (Wildman–Crippen LogP) is 5.78. The summed E-state index contributed by atoms with van der Waals surface area (Å²) >= 11 is 1.39. The number of hydrogen-bond donors (Lipinski definition) is 0. The van der Waals surface area contributed by atoms with Gasteiger partial charge in [-0.15, -0.1) is 11.3 Å². The summed E-state index contributed by atoms with van der Waals surface area (Å²) in [5, 5.41) is 0.623. The number of benzene rings is 2. The van der Waals surface area contributed by atoms with Gasteiger partial charge in [0.1, 0.15) is 16.6 Å². The van der Waals surface area contributed by atoms with Crippen molar-refractivity contribution in [3.8, 4) is 21.0 Å². The van der Waals surface area contributed by atoms with Gasteiger partial charge in [-0.25, -0.2) is 13.8 Å². The third kappa shape index (κ3) is 3.52. The van der Waals surface area contributed by atoms with Crippen molar-refractivity contribution in [2.45, 2.75) is 13.8 Å². The normalized spacial score (nSPS) is 9.90. The summed E-state index contributed by atoms with van der Waals surface area (Å²) in [5.74, 6) is -0.565. The van der Waals surface area contributed by atoms with Crippen molar-refractivity contribution >= 4 is 11.3 Å². The standard InChI is InChI=1S/C15H9F2NS.C2H6/c16-11-7-5-10(6-8-11)14-9-18-15(19-14)12-3-1-2-4-13(12)17;1-2/h1-9H;1-2H3. The molecule has 0 amide bonds. The Labute approximate surface area is 126 Å². The average Bonchev–Trinajstić information content (AvgIpc) is 3.00. The Bertz CT molecular complexity index is 705. The molecule has 0 spiro atoms. The minimum absolute atomic E-state index is 0.275. The van der Waals surface area contributed by atoms with Crippen LogP contribution >= 0.6 is 11.3 Å². The fraction of sp³-hybridized carbons (Fsp3) is 0.118. The van der Waals surface area contributed by atoms with Crippen LogP contribution in [0.3, 0.4) is 0 Å². The van der Waals surface area contributed by atoms with E-state index in [0.29, 0.717) is 10.6 Å². The zero-order valence-electron chi connectivity index (χ0n) is 11.8. The van der Waals surface area contributed by atoms with Crippen LogP contribution < -0.4 is 0 Å². The molecule has 1 nitrogen and oxygen atoms in total. The molecular formula is C17H15F2NS. The van der Waals surface area contributed by atoms with Crippen molar-refractivity contribution < 1.29 is 8.78 Å². The fourth-order valence-electron chi connectivity index (χ4n) is 1.78. The first-order valence-corrected chi connectivity index (χ1v) is 7.52. The van der Waals surface area contributed by atoms with Gasteiger partial charge in [0.2, 0.25) is 0 Å². The Morgan fingerprint density at radius 2 is 1.57 bits per heavy atom. The van der Waals surface area contributed by atoms with Gasteiger partial charge in [0.05, 0.1) is 4.88 Å². The van der Waals surface area contributed by atoms with Gasteiger partial charge < -0.3 is 0 Å². The van der Waals surface area contributed by atoms with Gasteiger partial charge in [-0.2, -0.15) is 0 Å². The maximum atomic E-state index is 13.7. The number of halogens is 2. The van der Waals surface area contributed by atoms with E-state index in [4.69, 9.17) is 0 Å². The monoisotopic (exact) mass is 303 g/mol. The SMILES string of the molecule is CC.Fc1ccc(-c2cnc(-c3ccccc3F)s2)cc1. The third-order valence-electron chi connectivity index (χ3n) is 2.74. The van der Waals surface area contributed by atoms with Crippen LogP contribution in [0.25, 0.3) is 21.0 Å². The summed E-state index contributed by atoms with van der Waals surface area (Å²) in [6.45, 7) is 4.00. The second-order valence-corrected chi connectivity index (χ2v) is 5.05. The second-order valence-electron chi connectivity index (χ2n) is 4.02. The van der Waals surface area contributed by atoms with Crippen molar-refractivity contribution in [1.82, 2.24) is 4.98 Å². The van der Waals surface area contributed by atoms with Crippen LogP contribution in [0.2, 0.25) is 0 Å². The first kappa shape index (κ1) is 15.3. The lowest BCUT2D eigenvalue weighted by molar-refractivity contribution is 0.628. The molecule has 0 radical (unpaired) electrons. The van der Waals surface area contributed by atoms with E-state index in [0.717, 1.165) is 10.4 Å². The maximum absolute atomic E-state index is 13.7. The highest BCUT2D eigenvalue weighted by Gasteiger charge is 2.10. The zero-order valence-corrected chi connectivity index (χ0v) is 12.6. The molecule has 1 heterocycles. The van der Waals surface area contributed by atoms with Crippen molar-refractivity contribution in [2.75, 3.05) is 0 Å². The number of thiazole rings is 1. The van der Waals surface area contributed by atoms with Crippen LogP contribution in [0.5, 0.6) is 0 Å². The Balaban J connectivity index is 0.000000774. The summed E-state index contributed by atoms with van der Waals surface area (Å²) in [7, 11) is 0. The molecule has 0 bridgehead atoms. The lowest BCUT2D eigenvalue weighted by atomic mass is 10.2. The van der Waals surface area contributed by atoms with E-state index in [1.807, 2.05) is 13.8 Å². The molecule has 0 N–H and O–H groups in total. The number of hydrogen-bond acceptors (Lipinski definition) is 2. The highest BCUT2D eigenvalue weighted by atomic mass is 32.1. The molecule has 21 heavy (non-hydrogen) atoms. The molecule has 108 valence electrons. The van der Waals surface area contributed by atoms with Gasteiger partial charge in [-0.3, -0.25) is 0 Å². The summed E-state index contributed by atoms with van der Waals surface area (Å²) in [4.78, 5) is 5.12. The lowest BCUT2D eigenvalue weighted by Crippen LogP contribution is -1.80. The quantitative estimate of drug-likeness (QED) is 0.584. The Morgan fingerprint density at radius 3 is 2.24 bits per heavy atom. The van der Waals surface area contributed by atoms with Gasteiger partial charge in [0, 0.05) is 11.8 Å². The van der Waals surface area contributed by atoms with E-state index in [2.05, 4.69) is 4.98 Å². The highest BCUT2D eigenvalue weighted by Crippen LogP contribution is 2.33. The van der Waals surface area contributed by atoms with E-state index in [1.54, 1.807) is 36.5 Å². The van der Waals surface area contributed by atoms with Crippen LogP contribution in [0.1, 0.15) is 13.8 Å². The summed E-state index contributed by atoms with van der Waals surface area (Å²) < 4.78 is 26.5. The fourth-order valence-corrected chi connectivity index (χ4v) is 2.73. The van der Waals surface area contributed by atoms with Crippen LogP contribution in [-0.4, -0.2) is 4.98 Å². The molecule has 3 aromatic rings. The minimum atomic E-state index is -0.289. The van der Waals surface area contributed by atoms with E-state index in [9.17, 15) is 8.78 Å². The molecule has 0 saturated carbocycles. The van der Waals surface area contributed by atoms with E-state index < -0.39 is 0 Å². The average molecular weight is 303 g/mol. The zero-order chi connectivity index (χ0) is 15.2. The molecule has 4 heteroatoms.